The second-order valence-corrected chi connectivity index (χ2v) is 11.1. The van der Waals surface area contributed by atoms with Gasteiger partial charge in [-0.15, -0.1) is 34.9 Å². The van der Waals surface area contributed by atoms with Gasteiger partial charge in [0.25, 0.3) is 11.8 Å². The number of nitrogens with one attached hydrogen (secondary N) is 2. The Bertz CT molecular complexity index is 1140. The molecule has 194 valence electrons. The fraction of sp³-hybridized carbons (Fsp3) is 0.450. The first-order valence-corrected chi connectivity index (χ1v) is 13.5. The van der Waals surface area contributed by atoms with E-state index in [2.05, 4.69) is 20.8 Å². The molecule has 2 aliphatic rings. The number of β-lactam (4-membered cyclic amide) rings is 1. The summed E-state index contributed by atoms with van der Waals surface area (Å²) >= 11 is 3.58. The topological polar surface area (TPSA) is 177 Å². The summed E-state index contributed by atoms with van der Waals surface area (Å²) in [4.78, 5) is 71.1. The van der Waals surface area contributed by atoms with Gasteiger partial charge in [-0.2, -0.15) is 0 Å². The number of carbonyl (C=O) groups is 5. The van der Waals surface area contributed by atoms with E-state index in [1.165, 1.54) is 28.9 Å². The summed E-state index contributed by atoms with van der Waals surface area (Å²) in [5.74, 6) is -2.99. The molecular formula is C20H23N5O8S3. The van der Waals surface area contributed by atoms with Crippen molar-refractivity contribution in [3.8, 4) is 0 Å². The summed E-state index contributed by atoms with van der Waals surface area (Å²) in [5, 5.41) is 19.2. The average Bonchev–Trinajstić information content (AvgIpc) is 3.26. The number of nitrogens with zero attached hydrogens (tertiary/aromatic N) is 3. The zero-order valence-electron chi connectivity index (χ0n) is 19.6. The highest BCUT2D eigenvalue weighted by Gasteiger charge is 2.54. The molecule has 2 aliphatic heterocycles. The monoisotopic (exact) mass is 557 g/mol. The Balaban J connectivity index is 1.78. The molecule has 3 heterocycles. The molecule has 0 bridgehead atoms. The summed E-state index contributed by atoms with van der Waals surface area (Å²) in [6, 6.07) is -1.01. The van der Waals surface area contributed by atoms with Crippen LogP contribution in [0.15, 0.2) is 21.1 Å². The molecule has 16 heteroatoms. The minimum absolute atomic E-state index is 0.0294. The zero-order valence-corrected chi connectivity index (χ0v) is 22.0. The molecule has 0 saturated carbocycles. The van der Waals surface area contributed by atoms with Crippen molar-refractivity contribution in [3.63, 3.8) is 0 Å². The largest absolute Gasteiger partial charge is 0.477 e. The number of rotatable bonds is 10. The Morgan fingerprint density at radius 3 is 2.72 bits per heavy atom. The smallest absolute Gasteiger partial charge is 0.353 e. The molecule has 3 rings (SSSR count). The molecule has 1 aromatic heterocycles. The van der Waals surface area contributed by atoms with Crippen LogP contribution in [0.3, 0.4) is 0 Å². The average molecular weight is 558 g/mol. The fourth-order valence-corrected chi connectivity index (χ4v) is 6.08. The highest BCUT2D eigenvalue weighted by atomic mass is 32.2. The summed E-state index contributed by atoms with van der Waals surface area (Å²) < 4.78 is 5.13. The van der Waals surface area contributed by atoms with Gasteiger partial charge in [0.15, 0.2) is 10.8 Å². The molecule has 0 radical (unpaired) electrons. The molecule has 0 aromatic carbocycles. The van der Waals surface area contributed by atoms with Crippen molar-refractivity contribution in [1.29, 1.82) is 0 Å². The number of aliphatic carboxylic acids is 1. The third-order valence-electron chi connectivity index (χ3n) is 4.57. The lowest BCUT2D eigenvalue weighted by Gasteiger charge is -2.49. The number of amides is 3. The van der Waals surface area contributed by atoms with E-state index in [9.17, 15) is 29.1 Å². The van der Waals surface area contributed by atoms with E-state index in [-0.39, 0.29) is 22.2 Å². The van der Waals surface area contributed by atoms with Crippen molar-refractivity contribution >= 4 is 75.9 Å². The Morgan fingerprint density at radius 2 is 2.11 bits per heavy atom. The van der Waals surface area contributed by atoms with E-state index in [1.807, 2.05) is 0 Å². The van der Waals surface area contributed by atoms with E-state index in [0.29, 0.717) is 17.1 Å². The number of carboxylic acid groups (broad SMARTS) is 1. The fourth-order valence-electron chi connectivity index (χ4n) is 3.18. The summed E-state index contributed by atoms with van der Waals surface area (Å²) in [7, 11) is 0. The first-order valence-electron chi connectivity index (χ1n) is 10.3. The highest BCUT2D eigenvalue weighted by Crippen LogP contribution is 2.42. The van der Waals surface area contributed by atoms with E-state index < -0.39 is 47.4 Å². The van der Waals surface area contributed by atoms with E-state index >= 15 is 0 Å². The Labute approximate surface area is 218 Å². The summed E-state index contributed by atoms with van der Waals surface area (Å²) in [6.45, 7) is 4.45. The predicted octanol–water partition coefficient (Wildman–Crippen LogP) is 0.833. The van der Waals surface area contributed by atoms with Crippen LogP contribution in [0, 0.1) is 0 Å². The summed E-state index contributed by atoms with van der Waals surface area (Å²) in [6.07, 6.45) is 2.14. The molecule has 36 heavy (non-hydrogen) atoms. The number of fused-ring (bicyclic) bond motifs is 1. The van der Waals surface area contributed by atoms with Crippen LogP contribution in [-0.4, -0.2) is 86.5 Å². The summed E-state index contributed by atoms with van der Waals surface area (Å²) in [5.41, 5.74) is -1.16. The van der Waals surface area contributed by atoms with Crippen LogP contribution in [0.1, 0.15) is 26.5 Å². The number of carboxylic acids is 1. The number of thiazole rings is 1. The van der Waals surface area contributed by atoms with Gasteiger partial charge in [-0.25, -0.2) is 14.6 Å². The van der Waals surface area contributed by atoms with Crippen molar-refractivity contribution in [1.82, 2.24) is 15.2 Å². The molecule has 1 fully saturated rings. The number of oxime groups is 1. The lowest BCUT2D eigenvalue weighted by atomic mass is 10.0. The van der Waals surface area contributed by atoms with E-state index in [0.717, 1.165) is 16.2 Å². The van der Waals surface area contributed by atoms with E-state index in [4.69, 9.17) is 9.57 Å². The molecule has 3 N–H and O–H groups in total. The van der Waals surface area contributed by atoms with Crippen LogP contribution < -0.4 is 10.6 Å². The van der Waals surface area contributed by atoms with Crippen molar-refractivity contribution in [2.75, 3.05) is 23.9 Å². The molecule has 13 nitrogen and oxygen atoms in total. The number of esters is 1. The Hall–Kier alpha value is -3.11. The zero-order chi connectivity index (χ0) is 26.6. The molecule has 0 spiro atoms. The van der Waals surface area contributed by atoms with Crippen LogP contribution in [0.25, 0.3) is 0 Å². The minimum Gasteiger partial charge on any atom is -0.477 e. The first kappa shape index (κ1) is 27.5. The van der Waals surface area contributed by atoms with Crippen molar-refractivity contribution in [2.24, 2.45) is 5.16 Å². The second-order valence-electron chi connectivity index (χ2n) is 8.24. The van der Waals surface area contributed by atoms with Gasteiger partial charge >= 0.3 is 11.9 Å². The van der Waals surface area contributed by atoms with Crippen molar-refractivity contribution < 1.29 is 38.7 Å². The number of thioether (sulfide) groups is 2. The number of aromatic nitrogens is 1. The molecule has 1 aromatic rings. The molecule has 0 aliphatic carbocycles. The van der Waals surface area contributed by atoms with Gasteiger partial charge in [-0.1, -0.05) is 5.16 Å². The molecule has 3 amide bonds. The third-order valence-corrected chi connectivity index (χ3v) is 7.64. The maximum Gasteiger partial charge on any atom is 0.353 e. The Morgan fingerprint density at radius 1 is 1.39 bits per heavy atom. The molecule has 1 saturated heterocycles. The lowest BCUT2D eigenvalue weighted by molar-refractivity contribution is -0.160. The standard InChI is InChI=1S/C20H23N5O8S3/c1-20(2,3)33-11(27)5-32-24-12(9-6-36-19(22-9)21-8-26)15(28)23-13-16(29)25-14(18(30)31)10(34-4)7-35-17(13)25/h6,8,13,17H,5,7H2,1-4H3,(H,23,28)(H,30,31)(H,21,22,26)/b24-12+/t13?,17-/m1/s1. The quantitative estimate of drug-likeness (QED) is 0.122. The number of anilines is 1. The van der Waals surface area contributed by atoms with E-state index in [1.54, 1.807) is 27.0 Å². The maximum atomic E-state index is 13.1. The maximum absolute atomic E-state index is 13.1. The SMILES string of the molecule is CSC1=C(C(=O)O)N2C(=O)C(NC(=O)/C(=N/OCC(=O)OC(C)(C)C)c3csc(NC=O)n3)[C@H]2SC1. The normalized spacial score (nSPS) is 19.7. The number of carbonyl (C=O) groups excluding carboxylic acids is 4. The highest BCUT2D eigenvalue weighted by molar-refractivity contribution is 8.05. The first-order chi connectivity index (χ1) is 17.0. The van der Waals surface area contributed by atoms with Crippen molar-refractivity contribution in [3.05, 3.63) is 21.7 Å². The van der Waals surface area contributed by atoms with Crippen LogP contribution >= 0.6 is 34.9 Å². The van der Waals surface area contributed by atoms with Crippen LogP contribution in [-0.2, 0) is 33.5 Å². The van der Waals surface area contributed by atoms with Crippen LogP contribution in [0.2, 0.25) is 0 Å². The third kappa shape index (κ3) is 6.17. The number of hydrogen-bond donors (Lipinski definition) is 3. The van der Waals surface area contributed by atoms with Gasteiger partial charge in [-0.05, 0) is 27.0 Å². The lowest BCUT2D eigenvalue weighted by Crippen LogP contribution is -2.71. The number of hydrogen-bond acceptors (Lipinski definition) is 12. The van der Waals surface area contributed by atoms with Gasteiger partial charge in [0, 0.05) is 16.0 Å². The second kappa shape index (κ2) is 11.3. The predicted molar refractivity (Wildman–Crippen MR) is 133 cm³/mol. The van der Waals surface area contributed by atoms with Gasteiger partial charge in [0.1, 0.15) is 28.4 Å². The van der Waals surface area contributed by atoms with Crippen molar-refractivity contribution in [2.45, 2.75) is 37.8 Å². The number of ether oxygens (including phenoxy) is 1. The van der Waals surface area contributed by atoms with Gasteiger partial charge in [0.2, 0.25) is 13.0 Å². The van der Waals surface area contributed by atoms with Crippen LogP contribution in [0.5, 0.6) is 0 Å². The molecule has 1 unspecified atom stereocenters. The minimum atomic E-state index is -1.22. The Kier molecular flexibility index (Phi) is 8.63. The molecule has 2 atom stereocenters. The van der Waals surface area contributed by atoms with Gasteiger partial charge < -0.3 is 25.3 Å². The molecular weight excluding hydrogens is 534 g/mol. The van der Waals surface area contributed by atoms with Crippen LogP contribution in [0.4, 0.5) is 5.13 Å². The van der Waals surface area contributed by atoms with Gasteiger partial charge in [0.05, 0.1) is 0 Å². The van der Waals surface area contributed by atoms with Gasteiger partial charge in [-0.3, -0.25) is 19.3 Å².